The summed E-state index contributed by atoms with van der Waals surface area (Å²) in [5.74, 6) is 0.827. The standard InChI is InChI=1S/C22H23ClN4O3S/c1-14(2)18-11-17(12-24-22(18)30-16-9-7-15(23)8-10-16)31(28,29)27(3)21-6-4-5-20-19(21)13-25-26-20/h7-13,21H,1,4-6H2,2-3H3,(H,25,26)/t21-/m1/s1. The molecule has 1 aliphatic carbocycles. The predicted octanol–water partition coefficient (Wildman–Crippen LogP) is 4.98. The number of nitrogens with zero attached hydrogens (tertiary/aromatic N) is 3. The van der Waals surface area contributed by atoms with Crippen LogP contribution in [0.1, 0.15) is 42.6 Å². The average molecular weight is 459 g/mol. The second kappa shape index (κ2) is 8.45. The lowest BCUT2D eigenvalue weighted by Crippen LogP contribution is -2.33. The van der Waals surface area contributed by atoms with Crippen LogP contribution in [0.25, 0.3) is 5.57 Å². The van der Waals surface area contributed by atoms with Gasteiger partial charge in [-0.25, -0.2) is 13.4 Å². The maximum Gasteiger partial charge on any atom is 0.244 e. The van der Waals surface area contributed by atoms with E-state index in [1.165, 1.54) is 10.5 Å². The number of hydrogen-bond donors (Lipinski definition) is 1. The second-order valence-electron chi connectivity index (χ2n) is 7.59. The van der Waals surface area contributed by atoms with Crippen LogP contribution in [-0.4, -0.2) is 35.0 Å². The third-order valence-electron chi connectivity index (χ3n) is 5.44. The minimum atomic E-state index is -3.80. The van der Waals surface area contributed by atoms with E-state index in [2.05, 4.69) is 21.8 Å². The van der Waals surface area contributed by atoms with Crippen molar-refractivity contribution >= 4 is 27.2 Å². The molecule has 0 saturated heterocycles. The molecule has 0 unspecified atom stereocenters. The number of halogens is 1. The minimum absolute atomic E-state index is 0.0899. The molecule has 0 radical (unpaired) electrons. The van der Waals surface area contributed by atoms with E-state index < -0.39 is 10.0 Å². The van der Waals surface area contributed by atoms with Gasteiger partial charge in [-0.2, -0.15) is 9.40 Å². The van der Waals surface area contributed by atoms with Crippen LogP contribution in [-0.2, 0) is 16.4 Å². The molecule has 1 atom stereocenters. The van der Waals surface area contributed by atoms with Crippen molar-refractivity contribution in [1.29, 1.82) is 0 Å². The highest BCUT2D eigenvalue weighted by Gasteiger charge is 2.33. The van der Waals surface area contributed by atoms with Crippen LogP contribution < -0.4 is 4.74 Å². The van der Waals surface area contributed by atoms with Gasteiger partial charge in [0.15, 0.2) is 0 Å². The molecule has 9 heteroatoms. The lowest BCUT2D eigenvalue weighted by Gasteiger charge is -2.30. The van der Waals surface area contributed by atoms with Crippen molar-refractivity contribution < 1.29 is 13.2 Å². The number of allylic oxidation sites excluding steroid dienone is 1. The Morgan fingerprint density at radius 1 is 1.29 bits per heavy atom. The molecule has 0 bridgehead atoms. The second-order valence-corrected chi connectivity index (χ2v) is 10.0. The summed E-state index contributed by atoms with van der Waals surface area (Å²) in [5, 5.41) is 7.65. The molecule has 7 nitrogen and oxygen atoms in total. The SMILES string of the molecule is C=C(C)c1cc(S(=O)(=O)N(C)[C@@H]2CCCc3[nH]ncc32)cnc1Oc1ccc(Cl)cc1. The van der Waals surface area contributed by atoms with Crippen LogP contribution >= 0.6 is 11.6 Å². The molecule has 0 aliphatic heterocycles. The van der Waals surface area contributed by atoms with Crippen LogP contribution in [0.3, 0.4) is 0 Å². The number of H-pyrrole nitrogens is 1. The molecule has 0 saturated carbocycles. The molecule has 1 aromatic carbocycles. The number of nitrogens with one attached hydrogen (secondary N) is 1. The summed E-state index contributed by atoms with van der Waals surface area (Å²) >= 11 is 5.92. The number of aromatic amines is 1. The van der Waals surface area contributed by atoms with Gasteiger partial charge in [-0.15, -0.1) is 0 Å². The summed E-state index contributed by atoms with van der Waals surface area (Å²) in [7, 11) is -2.20. The lowest BCUT2D eigenvalue weighted by molar-refractivity contribution is 0.337. The molecular formula is C22H23ClN4O3S. The summed E-state index contributed by atoms with van der Waals surface area (Å²) < 4.78 is 34.1. The van der Waals surface area contributed by atoms with E-state index in [0.29, 0.717) is 21.9 Å². The Morgan fingerprint density at radius 2 is 2.03 bits per heavy atom. The number of rotatable bonds is 6. The number of pyridine rings is 1. The zero-order valence-corrected chi connectivity index (χ0v) is 18.9. The Balaban J connectivity index is 1.67. The fourth-order valence-electron chi connectivity index (χ4n) is 3.72. The molecular weight excluding hydrogens is 436 g/mol. The van der Waals surface area contributed by atoms with E-state index in [1.807, 2.05) is 0 Å². The molecule has 2 heterocycles. The molecule has 4 rings (SSSR count). The van der Waals surface area contributed by atoms with Gasteiger partial charge in [0.1, 0.15) is 10.6 Å². The summed E-state index contributed by atoms with van der Waals surface area (Å²) in [6.45, 7) is 5.74. The summed E-state index contributed by atoms with van der Waals surface area (Å²) in [5.41, 5.74) is 3.09. The van der Waals surface area contributed by atoms with Gasteiger partial charge in [0.2, 0.25) is 15.9 Å². The highest BCUT2D eigenvalue weighted by atomic mass is 35.5. The quantitative estimate of drug-likeness (QED) is 0.562. The van der Waals surface area contributed by atoms with Crippen molar-refractivity contribution in [3.8, 4) is 11.6 Å². The van der Waals surface area contributed by atoms with Crippen molar-refractivity contribution in [3.63, 3.8) is 0 Å². The van der Waals surface area contributed by atoms with E-state index in [0.717, 1.165) is 30.5 Å². The van der Waals surface area contributed by atoms with E-state index in [4.69, 9.17) is 16.3 Å². The minimum Gasteiger partial charge on any atom is -0.438 e. The van der Waals surface area contributed by atoms with Gasteiger partial charge in [-0.1, -0.05) is 18.2 Å². The first-order valence-electron chi connectivity index (χ1n) is 9.87. The molecule has 0 amide bonds. The van der Waals surface area contributed by atoms with E-state index in [1.54, 1.807) is 50.5 Å². The van der Waals surface area contributed by atoms with Crippen molar-refractivity contribution in [3.05, 3.63) is 71.1 Å². The number of fused-ring (bicyclic) bond motifs is 1. The number of benzene rings is 1. The monoisotopic (exact) mass is 458 g/mol. The van der Waals surface area contributed by atoms with Gasteiger partial charge < -0.3 is 4.74 Å². The van der Waals surface area contributed by atoms with E-state index >= 15 is 0 Å². The van der Waals surface area contributed by atoms with Crippen molar-refractivity contribution in [1.82, 2.24) is 19.5 Å². The molecule has 1 aliphatic rings. The Hall–Kier alpha value is -2.68. The molecule has 0 spiro atoms. The first-order valence-corrected chi connectivity index (χ1v) is 11.7. The van der Waals surface area contributed by atoms with Gasteiger partial charge in [0.05, 0.1) is 18.4 Å². The number of aromatic nitrogens is 3. The Labute approximate surface area is 186 Å². The highest BCUT2D eigenvalue weighted by Crippen LogP contribution is 2.36. The third kappa shape index (κ3) is 4.23. The topological polar surface area (TPSA) is 88.2 Å². The number of hydrogen-bond acceptors (Lipinski definition) is 5. The molecule has 0 fully saturated rings. The lowest BCUT2D eigenvalue weighted by atomic mass is 9.93. The van der Waals surface area contributed by atoms with Crippen molar-refractivity contribution in [2.24, 2.45) is 0 Å². The van der Waals surface area contributed by atoms with Crippen molar-refractivity contribution in [2.75, 3.05) is 7.05 Å². The summed E-state index contributed by atoms with van der Waals surface area (Å²) in [6, 6.07) is 8.14. The van der Waals surface area contributed by atoms with Crippen LogP contribution in [0.4, 0.5) is 0 Å². The summed E-state index contributed by atoms with van der Waals surface area (Å²) in [4.78, 5) is 4.40. The first-order chi connectivity index (χ1) is 14.8. The predicted molar refractivity (Wildman–Crippen MR) is 120 cm³/mol. The molecule has 2 aromatic heterocycles. The molecule has 162 valence electrons. The number of aryl methyl sites for hydroxylation is 1. The van der Waals surface area contributed by atoms with Crippen LogP contribution in [0.2, 0.25) is 5.02 Å². The summed E-state index contributed by atoms with van der Waals surface area (Å²) in [6.07, 6.45) is 5.54. The fourth-order valence-corrected chi connectivity index (χ4v) is 5.19. The van der Waals surface area contributed by atoms with E-state index in [9.17, 15) is 8.42 Å². The molecule has 3 aromatic rings. The smallest absolute Gasteiger partial charge is 0.244 e. The van der Waals surface area contributed by atoms with E-state index in [-0.39, 0.29) is 16.8 Å². The Bertz CT molecular complexity index is 1220. The number of sulfonamides is 1. The van der Waals surface area contributed by atoms with Crippen LogP contribution in [0.5, 0.6) is 11.6 Å². The van der Waals surface area contributed by atoms with Gasteiger partial charge in [-0.3, -0.25) is 5.10 Å². The van der Waals surface area contributed by atoms with Gasteiger partial charge in [0, 0.05) is 28.9 Å². The van der Waals surface area contributed by atoms with Crippen molar-refractivity contribution in [2.45, 2.75) is 37.1 Å². The highest BCUT2D eigenvalue weighted by molar-refractivity contribution is 7.89. The largest absolute Gasteiger partial charge is 0.438 e. The number of ether oxygens (including phenoxy) is 1. The van der Waals surface area contributed by atoms with Gasteiger partial charge >= 0.3 is 0 Å². The Kier molecular flexibility index (Phi) is 5.88. The average Bonchev–Trinajstić information content (AvgIpc) is 3.24. The maximum atomic E-state index is 13.4. The van der Waals surface area contributed by atoms with Crippen LogP contribution in [0.15, 0.2) is 54.2 Å². The normalized spacial score (nSPS) is 16.2. The van der Waals surface area contributed by atoms with Gasteiger partial charge in [-0.05, 0) is 62.1 Å². The first kappa shape index (κ1) is 21.5. The van der Waals surface area contributed by atoms with Crippen LogP contribution in [0, 0.1) is 0 Å². The maximum absolute atomic E-state index is 13.4. The zero-order valence-electron chi connectivity index (χ0n) is 17.3. The third-order valence-corrected chi connectivity index (χ3v) is 7.53. The fraction of sp³-hybridized carbons (Fsp3) is 0.273. The Morgan fingerprint density at radius 3 is 2.74 bits per heavy atom. The molecule has 1 N–H and O–H groups in total. The van der Waals surface area contributed by atoms with Gasteiger partial charge in [0.25, 0.3) is 0 Å². The zero-order chi connectivity index (χ0) is 22.2. The molecule has 31 heavy (non-hydrogen) atoms.